The molecule has 0 amide bonds. The van der Waals surface area contributed by atoms with Crippen LogP contribution in [0.5, 0.6) is 0 Å². The maximum absolute atomic E-state index is 11.2. The van der Waals surface area contributed by atoms with E-state index in [1.807, 2.05) is 60.5 Å². The van der Waals surface area contributed by atoms with Gasteiger partial charge in [0.2, 0.25) is 0 Å². The number of aromatic nitrogens is 2. The highest BCUT2D eigenvalue weighted by molar-refractivity contribution is 7.98. The van der Waals surface area contributed by atoms with Crippen LogP contribution in [0.25, 0.3) is 11.3 Å². The molecule has 0 unspecified atom stereocenters. The van der Waals surface area contributed by atoms with Crippen molar-refractivity contribution in [1.29, 1.82) is 0 Å². The highest BCUT2D eigenvalue weighted by atomic mass is 32.2. The fourth-order valence-electron chi connectivity index (χ4n) is 2.26. The summed E-state index contributed by atoms with van der Waals surface area (Å²) in [4.78, 5) is 12.3. The lowest BCUT2D eigenvalue weighted by atomic mass is 10.1. The summed E-state index contributed by atoms with van der Waals surface area (Å²) in [5.74, 6) is -1.00. The van der Waals surface area contributed by atoms with E-state index in [1.165, 1.54) is 6.08 Å². The maximum atomic E-state index is 11.2. The molecule has 1 heterocycles. The number of rotatable bonds is 7. The van der Waals surface area contributed by atoms with Gasteiger partial charge in [0.25, 0.3) is 0 Å². The summed E-state index contributed by atoms with van der Waals surface area (Å²) in [7, 11) is 0. The molecule has 1 N–H and O–H groups in total. The number of carbonyl (C=O) groups is 1. The van der Waals surface area contributed by atoms with Gasteiger partial charge in [0, 0.05) is 11.1 Å². The first-order valence-corrected chi connectivity index (χ1v) is 8.80. The number of para-hydroxylation sites is 1. The molecule has 1 aromatic carbocycles. The Bertz CT molecular complexity index is 803. The summed E-state index contributed by atoms with van der Waals surface area (Å²) in [6.45, 7) is 5.56. The van der Waals surface area contributed by atoms with E-state index in [0.717, 1.165) is 28.3 Å². The molecule has 24 heavy (non-hydrogen) atoms. The van der Waals surface area contributed by atoms with Gasteiger partial charge in [0.1, 0.15) is 0 Å². The minimum absolute atomic E-state index is 0.147. The molecule has 2 rings (SSSR count). The van der Waals surface area contributed by atoms with Crippen molar-refractivity contribution in [3.8, 4) is 5.69 Å². The number of thioether (sulfide) groups is 1. The van der Waals surface area contributed by atoms with Gasteiger partial charge in [0.15, 0.2) is 0 Å². The largest absolute Gasteiger partial charge is 0.478 e. The Labute approximate surface area is 146 Å². The highest BCUT2D eigenvalue weighted by Crippen LogP contribution is 2.25. The van der Waals surface area contributed by atoms with Gasteiger partial charge in [-0.25, -0.2) is 9.48 Å². The van der Waals surface area contributed by atoms with Crippen LogP contribution in [-0.2, 0) is 4.79 Å². The molecule has 0 atom stereocenters. The quantitative estimate of drug-likeness (QED) is 0.455. The zero-order chi connectivity index (χ0) is 17.5. The molecular weight excluding hydrogens is 320 g/mol. The Morgan fingerprint density at radius 1 is 1.38 bits per heavy atom. The number of aliphatic carboxylic acids is 1. The van der Waals surface area contributed by atoms with Gasteiger partial charge in [-0.2, -0.15) is 5.10 Å². The van der Waals surface area contributed by atoms with Crippen molar-refractivity contribution in [2.75, 3.05) is 6.26 Å². The Morgan fingerprint density at radius 2 is 2.12 bits per heavy atom. The summed E-state index contributed by atoms with van der Waals surface area (Å²) in [6.07, 6.45) is 9.59. The lowest BCUT2D eigenvalue weighted by Crippen LogP contribution is -2.00. The van der Waals surface area contributed by atoms with E-state index < -0.39 is 5.97 Å². The fraction of sp³-hybridized carbons (Fsp3) is 0.158. The zero-order valence-corrected chi connectivity index (χ0v) is 14.6. The Hall–Kier alpha value is -2.53. The SMILES string of the molecule is C=C/C(=C\C(=C/CC)c1ccn(-c2ccccc2SC)n1)C(=O)O. The average molecular weight is 340 g/mol. The van der Waals surface area contributed by atoms with Gasteiger partial charge in [-0.05, 0) is 42.5 Å². The maximum Gasteiger partial charge on any atom is 0.335 e. The molecule has 0 aliphatic carbocycles. The van der Waals surface area contributed by atoms with E-state index in [2.05, 4.69) is 11.7 Å². The second-order valence-electron chi connectivity index (χ2n) is 4.99. The number of nitrogens with zero attached hydrogens (tertiary/aromatic N) is 2. The number of hydrogen-bond acceptors (Lipinski definition) is 3. The van der Waals surface area contributed by atoms with Crippen LogP contribution in [0.15, 0.2) is 71.8 Å². The van der Waals surface area contributed by atoms with Gasteiger partial charge in [-0.3, -0.25) is 0 Å². The van der Waals surface area contributed by atoms with Crippen molar-refractivity contribution in [2.24, 2.45) is 0 Å². The first kappa shape index (κ1) is 17.8. The van der Waals surface area contributed by atoms with Crippen molar-refractivity contribution in [2.45, 2.75) is 18.2 Å². The van der Waals surface area contributed by atoms with E-state index in [4.69, 9.17) is 0 Å². The molecule has 0 aliphatic rings. The third-order valence-electron chi connectivity index (χ3n) is 3.42. The van der Waals surface area contributed by atoms with E-state index in [1.54, 1.807) is 17.8 Å². The van der Waals surface area contributed by atoms with Crippen LogP contribution in [0, 0.1) is 0 Å². The van der Waals surface area contributed by atoms with E-state index >= 15 is 0 Å². The Balaban J connectivity index is 2.45. The normalized spacial score (nSPS) is 12.2. The van der Waals surface area contributed by atoms with Gasteiger partial charge >= 0.3 is 5.97 Å². The van der Waals surface area contributed by atoms with Crippen LogP contribution >= 0.6 is 11.8 Å². The summed E-state index contributed by atoms with van der Waals surface area (Å²) in [5.41, 5.74) is 2.65. The van der Waals surface area contributed by atoms with E-state index in [-0.39, 0.29) is 5.57 Å². The number of allylic oxidation sites excluding steroid dienone is 3. The van der Waals surface area contributed by atoms with Crippen LogP contribution in [0.3, 0.4) is 0 Å². The second-order valence-corrected chi connectivity index (χ2v) is 5.84. The van der Waals surface area contributed by atoms with Crippen molar-refractivity contribution in [3.63, 3.8) is 0 Å². The molecule has 1 aromatic heterocycles. The van der Waals surface area contributed by atoms with Crippen LogP contribution in [0.2, 0.25) is 0 Å². The molecule has 0 bridgehead atoms. The molecule has 0 fully saturated rings. The third kappa shape index (κ3) is 4.06. The molecule has 5 heteroatoms. The fourth-order valence-corrected chi connectivity index (χ4v) is 2.85. The monoisotopic (exact) mass is 340 g/mol. The first-order valence-electron chi connectivity index (χ1n) is 7.57. The Kier molecular flexibility index (Phi) is 6.21. The van der Waals surface area contributed by atoms with Gasteiger partial charge < -0.3 is 5.11 Å². The lowest BCUT2D eigenvalue weighted by molar-refractivity contribution is -0.132. The minimum Gasteiger partial charge on any atom is -0.478 e. The highest BCUT2D eigenvalue weighted by Gasteiger charge is 2.10. The molecule has 0 saturated heterocycles. The number of carboxylic acids is 1. The Morgan fingerprint density at radius 3 is 2.75 bits per heavy atom. The van der Waals surface area contributed by atoms with Crippen molar-refractivity contribution in [1.82, 2.24) is 9.78 Å². The third-order valence-corrected chi connectivity index (χ3v) is 4.20. The van der Waals surface area contributed by atoms with Crippen molar-refractivity contribution in [3.05, 3.63) is 72.6 Å². The molecule has 0 aliphatic heterocycles. The topological polar surface area (TPSA) is 55.1 Å². The van der Waals surface area contributed by atoms with Crippen LogP contribution in [0.1, 0.15) is 19.0 Å². The van der Waals surface area contributed by atoms with Crippen LogP contribution in [0.4, 0.5) is 0 Å². The predicted molar refractivity (Wildman–Crippen MR) is 99.5 cm³/mol. The van der Waals surface area contributed by atoms with Gasteiger partial charge in [-0.15, -0.1) is 11.8 Å². The zero-order valence-electron chi connectivity index (χ0n) is 13.8. The van der Waals surface area contributed by atoms with Crippen molar-refractivity contribution < 1.29 is 9.90 Å². The van der Waals surface area contributed by atoms with Gasteiger partial charge in [0.05, 0.1) is 17.0 Å². The molecule has 0 radical (unpaired) electrons. The van der Waals surface area contributed by atoms with Gasteiger partial charge in [-0.1, -0.05) is 37.8 Å². The lowest BCUT2D eigenvalue weighted by Gasteiger charge is -2.07. The van der Waals surface area contributed by atoms with Crippen LogP contribution in [-0.4, -0.2) is 27.1 Å². The number of carboxylic acid groups (broad SMARTS) is 1. The van der Waals surface area contributed by atoms with E-state index in [9.17, 15) is 9.90 Å². The standard InChI is InChI=1S/C19H20N2O2S/c1-4-8-15(13-14(5-2)19(22)23)16-11-12-21(20-16)17-9-6-7-10-18(17)24-3/h5-13H,2,4H2,1,3H3,(H,22,23)/b14-13+,15-8+. The van der Waals surface area contributed by atoms with Crippen LogP contribution < -0.4 is 0 Å². The average Bonchev–Trinajstić information content (AvgIpc) is 3.08. The predicted octanol–water partition coefficient (Wildman–Crippen LogP) is 4.58. The first-order chi connectivity index (χ1) is 11.6. The summed E-state index contributed by atoms with van der Waals surface area (Å²) >= 11 is 1.66. The summed E-state index contributed by atoms with van der Waals surface area (Å²) < 4.78 is 1.81. The molecule has 0 saturated carbocycles. The minimum atomic E-state index is -1.00. The van der Waals surface area contributed by atoms with Crippen molar-refractivity contribution >= 4 is 23.3 Å². The molecule has 124 valence electrons. The number of benzene rings is 1. The molecule has 2 aromatic rings. The summed E-state index contributed by atoms with van der Waals surface area (Å²) in [6, 6.07) is 9.91. The second kappa shape index (κ2) is 8.36. The van der Waals surface area contributed by atoms with E-state index in [0.29, 0.717) is 0 Å². The molecule has 0 spiro atoms. The number of hydrogen-bond donors (Lipinski definition) is 1. The molecular formula is C19H20N2O2S. The molecule has 4 nitrogen and oxygen atoms in total. The summed E-state index contributed by atoms with van der Waals surface area (Å²) in [5, 5.41) is 13.8. The smallest absolute Gasteiger partial charge is 0.335 e.